The summed E-state index contributed by atoms with van der Waals surface area (Å²) >= 11 is 5.50. The van der Waals surface area contributed by atoms with Crippen LogP contribution in [0.4, 0.5) is 5.69 Å². The molecule has 1 aromatic rings. The zero-order valence-corrected chi connectivity index (χ0v) is 13.5. The Kier molecular flexibility index (Phi) is 4.29. The monoisotopic (exact) mass is 329 g/mol. The standard InChI is InChI=1S/C14H20BrNOS/c1-10(17)12-8-11(15)4-5-13(12)16-6-7-18-14(2,3)9-16/h4-5,8,10,17H,6-7,9H2,1-3H3. The molecule has 1 atom stereocenters. The van der Waals surface area contributed by atoms with E-state index in [0.717, 1.165) is 28.9 Å². The smallest absolute Gasteiger partial charge is 0.0782 e. The SMILES string of the molecule is CC(O)c1cc(Br)ccc1N1CCSC(C)(C)C1. The van der Waals surface area contributed by atoms with Crippen LogP contribution >= 0.6 is 27.7 Å². The van der Waals surface area contributed by atoms with Crippen LogP contribution in [0.3, 0.4) is 0 Å². The second-order valence-corrected chi connectivity index (χ2v) is 8.13. The van der Waals surface area contributed by atoms with Crippen LogP contribution in [-0.2, 0) is 0 Å². The summed E-state index contributed by atoms with van der Waals surface area (Å²) in [5, 5.41) is 9.94. The predicted molar refractivity (Wildman–Crippen MR) is 83.5 cm³/mol. The molecule has 1 fully saturated rings. The quantitative estimate of drug-likeness (QED) is 0.891. The van der Waals surface area contributed by atoms with E-state index in [1.807, 2.05) is 24.8 Å². The minimum atomic E-state index is -0.435. The molecule has 0 spiro atoms. The van der Waals surface area contributed by atoms with Crippen molar-refractivity contribution in [2.45, 2.75) is 31.6 Å². The van der Waals surface area contributed by atoms with Crippen LogP contribution in [0.15, 0.2) is 22.7 Å². The second-order valence-electron chi connectivity index (χ2n) is 5.41. The summed E-state index contributed by atoms with van der Waals surface area (Å²) in [6, 6.07) is 6.18. The molecule has 0 aliphatic carbocycles. The molecule has 1 aliphatic heterocycles. The van der Waals surface area contributed by atoms with E-state index in [2.05, 4.69) is 46.8 Å². The van der Waals surface area contributed by atoms with Gasteiger partial charge in [0.25, 0.3) is 0 Å². The van der Waals surface area contributed by atoms with Crippen molar-refractivity contribution in [3.8, 4) is 0 Å². The number of hydrogen-bond acceptors (Lipinski definition) is 3. The van der Waals surface area contributed by atoms with Crippen molar-refractivity contribution in [3.05, 3.63) is 28.2 Å². The van der Waals surface area contributed by atoms with Gasteiger partial charge in [-0.2, -0.15) is 11.8 Å². The maximum absolute atomic E-state index is 9.94. The highest BCUT2D eigenvalue weighted by atomic mass is 79.9. The van der Waals surface area contributed by atoms with E-state index in [9.17, 15) is 5.11 Å². The molecule has 1 aliphatic rings. The van der Waals surface area contributed by atoms with E-state index in [1.54, 1.807) is 0 Å². The zero-order chi connectivity index (χ0) is 13.3. The Morgan fingerprint density at radius 2 is 2.17 bits per heavy atom. The molecule has 1 N–H and O–H groups in total. The van der Waals surface area contributed by atoms with Crippen LogP contribution < -0.4 is 4.90 Å². The maximum atomic E-state index is 9.94. The van der Waals surface area contributed by atoms with Gasteiger partial charge in [0.1, 0.15) is 0 Å². The van der Waals surface area contributed by atoms with Gasteiger partial charge in [-0.05, 0) is 39.0 Å². The molecule has 1 unspecified atom stereocenters. The van der Waals surface area contributed by atoms with Crippen molar-refractivity contribution in [2.24, 2.45) is 0 Å². The van der Waals surface area contributed by atoms with Crippen LogP contribution in [0.25, 0.3) is 0 Å². The number of rotatable bonds is 2. The van der Waals surface area contributed by atoms with Gasteiger partial charge in [0.2, 0.25) is 0 Å². The van der Waals surface area contributed by atoms with Gasteiger partial charge in [-0.15, -0.1) is 0 Å². The third kappa shape index (κ3) is 3.22. The van der Waals surface area contributed by atoms with Crippen molar-refractivity contribution in [2.75, 3.05) is 23.7 Å². The minimum absolute atomic E-state index is 0.279. The van der Waals surface area contributed by atoms with Crippen LogP contribution in [0, 0.1) is 0 Å². The maximum Gasteiger partial charge on any atom is 0.0782 e. The van der Waals surface area contributed by atoms with Gasteiger partial charge >= 0.3 is 0 Å². The Labute approximate surface area is 122 Å². The summed E-state index contributed by atoms with van der Waals surface area (Å²) in [4.78, 5) is 2.39. The highest BCUT2D eigenvalue weighted by Gasteiger charge is 2.28. The van der Waals surface area contributed by atoms with Gasteiger partial charge in [0.15, 0.2) is 0 Å². The molecule has 0 aromatic heterocycles. The van der Waals surface area contributed by atoms with E-state index >= 15 is 0 Å². The minimum Gasteiger partial charge on any atom is -0.389 e. The lowest BCUT2D eigenvalue weighted by Gasteiger charge is -2.40. The van der Waals surface area contributed by atoms with Gasteiger partial charge in [-0.25, -0.2) is 0 Å². The van der Waals surface area contributed by atoms with Crippen molar-refractivity contribution < 1.29 is 5.11 Å². The molecule has 4 heteroatoms. The van der Waals surface area contributed by atoms with Crippen LogP contribution in [-0.4, -0.2) is 28.7 Å². The molecule has 1 aromatic carbocycles. The summed E-state index contributed by atoms with van der Waals surface area (Å²) in [6.45, 7) is 8.47. The molecular formula is C14H20BrNOS. The Bertz CT molecular complexity index is 434. The highest BCUT2D eigenvalue weighted by Crippen LogP contribution is 2.36. The molecular weight excluding hydrogens is 310 g/mol. The van der Waals surface area contributed by atoms with Crippen molar-refractivity contribution in [1.29, 1.82) is 0 Å². The number of hydrogen-bond donors (Lipinski definition) is 1. The number of anilines is 1. The lowest BCUT2D eigenvalue weighted by Crippen LogP contribution is -2.43. The molecule has 18 heavy (non-hydrogen) atoms. The van der Waals surface area contributed by atoms with Gasteiger partial charge in [0, 0.05) is 39.3 Å². The van der Waals surface area contributed by atoms with E-state index in [1.165, 1.54) is 5.69 Å². The first-order valence-electron chi connectivity index (χ1n) is 6.25. The summed E-state index contributed by atoms with van der Waals surface area (Å²) < 4.78 is 1.30. The third-order valence-corrected chi connectivity index (χ3v) is 5.00. The molecule has 1 saturated heterocycles. The summed E-state index contributed by atoms with van der Waals surface area (Å²) in [5.74, 6) is 1.14. The summed E-state index contributed by atoms with van der Waals surface area (Å²) in [5.41, 5.74) is 2.17. The molecule has 0 radical (unpaired) electrons. The van der Waals surface area contributed by atoms with E-state index < -0.39 is 6.10 Å². The zero-order valence-electron chi connectivity index (χ0n) is 11.1. The third-order valence-electron chi connectivity index (χ3n) is 3.21. The average Bonchev–Trinajstić information content (AvgIpc) is 2.27. The van der Waals surface area contributed by atoms with E-state index in [0.29, 0.717) is 0 Å². The topological polar surface area (TPSA) is 23.5 Å². The average molecular weight is 330 g/mol. The first-order valence-corrected chi connectivity index (χ1v) is 8.03. The van der Waals surface area contributed by atoms with E-state index in [4.69, 9.17) is 0 Å². The number of benzene rings is 1. The van der Waals surface area contributed by atoms with Gasteiger partial charge in [-0.1, -0.05) is 15.9 Å². The number of nitrogens with zero attached hydrogens (tertiary/aromatic N) is 1. The van der Waals surface area contributed by atoms with Crippen LogP contribution in [0.5, 0.6) is 0 Å². The number of thioether (sulfide) groups is 1. The van der Waals surface area contributed by atoms with Crippen molar-refractivity contribution >= 4 is 33.4 Å². The molecule has 2 nitrogen and oxygen atoms in total. The fourth-order valence-electron chi connectivity index (χ4n) is 2.37. The predicted octanol–water partition coefficient (Wildman–Crippen LogP) is 3.83. The lowest BCUT2D eigenvalue weighted by molar-refractivity contribution is 0.199. The number of aliphatic hydroxyl groups is 1. The fraction of sp³-hybridized carbons (Fsp3) is 0.571. The van der Waals surface area contributed by atoms with Gasteiger partial charge in [0.05, 0.1) is 6.10 Å². The molecule has 1 heterocycles. The fourth-order valence-corrected chi connectivity index (χ4v) is 3.86. The molecule has 2 rings (SSSR count). The van der Waals surface area contributed by atoms with Gasteiger partial charge < -0.3 is 10.0 Å². The Morgan fingerprint density at radius 1 is 1.44 bits per heavy atom. The largest absolute Gasteiger partial charge is 0.389 e. The van der Waals surface area contributed by atoms with Crippen molar-refractivity contribution in [3.63, 3.8) is 0 Å². The number of halogens is 1. The molecule has 100 valence electrons. The lowest BCUT2D eigenvalue weighted by atomic mass is 10.1. The summed E-state index contributed by atoms with van der Waals surface area (Å²) in [7, 11) is 0. The molecule has 0 saturated carbocycles. The summed E-state index contributed by atoms with van der Waals surface area (Å²) in [6.07, 6.45) is -0.435. The Morgan fingerprint density at radius 3 is 2.78 bits per heavy atom. The Hall–Kier alpha value is -0.190. The normalized spacial score (nSPS) is 20.8. The van der Waals surface area contributed by atoms with E-state index in [-0.39, 0.29) is 4.75 Å². The highest BCUT2D eigenvalue weighted by molar-refractivity contribution is 9.10. The van der Waals surface area contributed by atoms with Crippen LogP contribution in [0.1, 0.15) is 32.4 Å². The Balaban J connectivity index is 2.32. The van der Waals surface area contributed by atoms with Crippen LogP contribution in [0.2, 0.25) is 0 Å². The number of aliphatic hydroxyl groups excluding tert-OH is 1. The first-order chi connectivity index (χ1) is 8.39. The molecule has 0 amide bonds. The first kappa shape index (κ1) is 14.2. The van der Waals surface area contributed by atoms with Crippen molar-refractivity contribution in [1.82, 2.24) is 0 Å². The second kappa shape index (κ2) is 5.43. The molecule has 0 bridgehead atoms. The van der Waals surface area contributed by atoms with Gasteiger partial charge in [-0.3, -0.25) is 0 Å².